The lowest BCUT2D eigenvalue weighted by Crippen LogP contribution is -2.70. The number of thiazole rings is 1. The average molecular weight is 825 g/mol. The second-order valence-corrected chi connectivity index (χ2v) is 17.4. The zero-order chi connectivity index (χ0) is 42.5. The lowest BCUT2D eigenvalue weighted by atomic mass is 9.84. The van der Waals surface area contributed by atoms with Gasteiger partial charge in [-0.25, -0.2) is 19.8 Å². The molecule has 0 aliphatic carbocycles. The molecule has 314 valence electrons. The second kappa shape index (κ2) is 18.2. The Bertz CT molecular complexity index is 2190. The number of nitrogens with two attached hydrogens (primary N) is 1. The average Bonchev–Trinajstić information content (AvgIpc) is 3.83. The molecule has 2 fully saturated rings. The van der Waals surface area contributed by atoms with Crippen molar-refractivity contribution in [1.82, 2.24) is 31.0 Å². The summed E-state index contributed by atoms with van der Waals surface area (Å²) in [6.45, 7) is 13.1. The SMILES string of the molecule is COc1cc(C)c(CN=C(N)NCCCC(NC(=O)[C@@H]2CCN3CC[C@](Cc4ccccc4)(NC(=O)OC(C)(C)C)C(=O)N23)C(=O)c2nc3ccccc3s2)c(C)c1C. The first-order chi connectivity index (χ1) is 28.1. The number of ketones is 1. The van der Waals surface area contributed by atoms with E-state index in [1.807, 2.05) is 86.4 Å². The molecule has 0 spiro atoms. The van der Waals surface area contributed by atoms with Gasteiger partial charge in [0.25, 0.3) is 5.91 Å². The van der Waals surface area contributed by atoms with Crippen LogP contribution < -0.4 is 26.4 Å². The van der Waals surface area contributed by atoms with Gasteiger partial charge in [0.05, 0.1) is 29.9 Å². The van der Waals surface area contributed by atoms with Crippen molar-refractivity contribution in [1.29, 1.82) is 0 Å². The number of hydrogen-bond acceptors (Lipinski definition) is 10. The van der Waals surface area contributed by atoms with E-state index in [2.05, 4.69) is 25.9 Å². The van der Waals surface area contributed by atoms with Crippen LogP contribution in [0.15, 0.2) is 65.7 Å². The fourth-order valence-corrected chi connectivity index (χ4v) is 8.76. The van der Waals surface area contributed by atoms with Crippen LogP contribution in [-0.2, 0) is 27.3 Å². The van der Waals surface area contributed by atoms with Crippen LogP contribution in [0.25, 0.3) is 10.2 Å². The van der Waals surface area contributed by atoms with E-state index in [4.69, 9.17) is 15.2 Å². The third-order valence-electron chi connectivity index (χ3n) is 11.0. The third kappa shape index (κ3) is 10.0. The first kappa shape index (κ1) is 43.0. The predicted molar refractivity (Wildman–Crippen MR) is 229 cm³/mol. The number of ether oxygens (including phenoxy) is 2. The normalized spacial score (nSPS) is 19.0. The molecule has 2 aliphatic heterocycles. The van der Waals surface area contributed by atoms with Gasteiger partial charge >= 0.3 is 6.09 Å². The van der Waals surface area contributed by atoms with Crippen molar-refractivity contribution in [2.24, 2.45) is 10.7 Å². The number of aryl methyl sites for hydroxylation is 1. The largest absolute Gasteiger partial charge is 0.496 e. The summed E-state index contributed by atoms with van der Waals surface area (Å²) >= 11 is 1.28. The number of aliphatic imine (C=N–C) groups is 1. The number of alkyl carbamates (subject to hydrolysis) is 1. The molecule has 14 nitrogen and oxygen atoms in total. The Labute approximate surface area is 349 Å². The van der Waals surface area contributed by atoms with Crippen molar-refractivity contribution in [2.75, 3.05) is 26.7 Å². The molecule has 5 N–H and O–H groups in total. The fourth-order valence-electron chi connectivity index (χ4n) is 7.80. The molecule has 3 aromatic carbocycles. The van der Waals surface area contributed by atoms with Crippen LogP contribution in [0, 0.1) is 20.8 Å². The molecule has 59 heavy (non-hydrogen) atoms. The highest BCUT2D eigenvalue weighted by molar-refractivity contribution is 7.20. The van der Waals surface area contributed by atoms with Gasteiger partial charge in [-0.1, -0.05) is 42.5 Å². The highest BCUT2D eigenvalue weighted by Gasteiger charge is 2.54. The number of Topliss-reactive ketones (excluding diaryl/α,β-unsaturated/α-hetero) is 1. The zero-order valence-electron chi connectivity index (χ0n) is 35.0. The van der Waals surface area contributed by atoms with Crippen molar-refractivity contribution in [3.8, 4) is 5.75 Å². The minimum atomic E-state index is -1.37. The molecule has 0 saturated carbocycles. The van der Waals surface area contributed by atoms with Gasteiger partial charge in [-0.3, -0.25) is 19.4 Å². The number of aromatic nitrogens is 1. The van der Waals surface area contributed by atoms with Crippen LogP contribution in [0.3, 0.4) is 0 Å². The molecule has 3 atom stereocenters. The quantitative estimate of drug-likeness (QED) is 0.0548. The van der Waals surface area contributed by atoms with E-state index in [0.29, 0.717) is 51.0 Å². The summed E-state index contributed by atoms with van der Waals surface area (Å²) in [4.78, 5) is 65.7. The summed E-state index contributed by atoms with van der Waals surface area (Å²) in [5.74, 6) is -0.0714. The van der Waals surface area contributed by atoms with Crippen LogP contribution in [0.2, 0.25) is 0 Å². The minimum absolute atomic E-state index is 0.210. The van der Waals surface area contributed by atoms with Crippen molar-refractivity contribution in [2.45, 2.75) is 103 Å². The van der Waals surface area contributed by atoms with Gasteiger partial charge in [-0.05, 0) is 113 Å². The maximum atomic E-state index is 14.7. The molecule has 0 radical (unpaired) electrons. The van der Waals surface area contributed by atoms with E-state index in [0.717, 1.165) is 38.3 Å². The third-order valence-corrected chi connectivity index (χ3v) is 12.1. The summed E-state index contributed by atoms with van der Waals surface area (Å²) in [5, 5.41) is 12.7. The highest BCUT2D eigenvalue weighted by Crippen LogP contribution is 2.34. The van der Waals surface area contributed by atoms with Gasteiger partial charge in [0.1, 0.15) is 22.9 Å². The predicted octanol–water partition coefficient (Wildman–Crippen LogP) is 5.51. The Morgan fingerprint density at radius 1 is 1.05 bits per heavy atom. The lowest BCUT2D eigenvalue weighted by Gasteiger charge is -2.46. The maximum Gasteiger partial charge on any atom is 0.408 e. The Hall–Kier alpha value is -5.54. The molecule has 2 saturated heterocycles. The maximum absolute atomic E-state index is 14.7. The Morgan fingerprint density at radius 3 is 2.49 bits per heavy atom. The molecule has 3 amide bonds. The minimum Gasteiger partial charge on any atom is -0.496 e. The monoisotopic (exact) mass is 824 g/mol. The van der Waals surface area contributed by atoms with Gasteiger partial charge < -0.3 is 31.2 Å². The number of carbonyl (C=O) groups is 4. The molecule has 4 aromatic rings. The zero-order valence-corrected chi connectivity index (χ0v) is 35.8. The van der Waals surface area contributed by atoms with Crippen molar-refractivity contribution >= 4 is 51.2 Å². The first-order valence-electron chi connectivity index (χ1n) is 20.1. The Balaban J connectivity index is 1.18. The van der Waals surface area contributed by atoms with Gasteiger partial charge in [0.15, 0.2) is 11.0 Å². The smallest absolute Gasteiger partial charge is 0.408 e. The van der Waals surface area contributed by atoms with E-state index in [1.165, 1.54) is 16.3 Å². The van der Waals surface area contributed by atoms with Crippen molar-refractivity contribution < 1.29 is 28.7 Å². The molecule has 2 aliphatic rings. The fraction of sp³-hybridized carbons (Fsp3) is 0.455. The van der Waals surface area contributed by atoms with Gasteiger partial charge in [-0.15, -0.1) is 11.3 Å². The van der Waals surface area contributed by atoms with Crippen LogP contribution in [-0.4, -0.2) is 94.6 Å². The number of hydrogen-bond donors (Lipinski definition) is 4. The van der Waals surface area contributed by atoms with Crippen LogP contribution in [0.1, 0.15) is 84.1 Å². The molecular weight excluding hydrogens is 769 g/mol. The number of fused-ring (bicyclic) bond motifs is 2. The van der Waals surface area contributed by atoms with Gasteiger partial charge in [-0.2, -0.15) is 0 Å². The van der Waals surface area contributed by atoms with E-state index >= 15 is 0 Å². The summed E-state index contributed by atoms with van der Waals surface area (Å²) in [6, 6.07) is 17.1. The van der Waals surface area contributed by atoms with Crippen molar-refractivity contribution in [3.63, 3.8) is 0 Å². The number of methoxy groups -OCH3 is 1. The van der Waals surface area contributed by atoms with Gasteiger partial charge in [0, 0.05) is 26.1 Å². The number of rotatable bonds is 14. The van der Waals surface area contributed by atoms with Crippen LogP contribution in [0.5, 0.6) is 5.75 Å². The van der Waals surface area contributed by atoms with Gasteiger partial charge in [0.2, 0.25) is 11.7 Å². The number of guanidine groups is 1. The van der Waals surface area contributed by atoms with E-state index in [1.54, 1.807) is 27.9 Å². The summed E-state index contributed by atoms with van der Waals surface area (Å²) in [6.07, 6.45) is 0.923. The highest BCUT2D eigenvalue weighted by atomic mass is 32.1. The van der Waals surface area contributed by atoms with E-state index in [-0.39, 0.29) is 29.6 Å². The number of para-hydroxylation sites is 1. The number of carbonyl (C=O) groups excluding carboxylic acids is 4. The number of nitrogens with zero attached hydrogens (tertiary/aromatic N) is 4. The molecular formula is C44H56N8O6S. The number of hydrazine groups is 1. The molecule has 1 unspecified atom stereocenters. The standard InChI is InChI=1S/C44H56N8O6S/c1-27-24-35(57-7)29(3)28(2)31(27)26-47-41(45)46-21-13-17-33(37(53)39-49-32-16-11-12-18-36(32)59-39)48-38(54)34-19-22-51-23-20-44(40(55)52(34)51,25-30-14-9-8-10-15-30)50-42(56)58-43(4,5)6/h8-12,14-16,18,24,33-34H,13,17,19-23,25-26H2,1-7H3,(H,48,54)(H,50,56)(H3,45,46,47)/t33?,34-,44+/m0/s1. The topological polar surface area (TPSA) is 181 Å². The molecule has 1 aromatic heterocycles. The number of amides is 3. The Kier molecular flexibility index (Phi) is 13.3. The first-order valence-corrected chi connectivity index (χ1v) is 20.9. The second-order valence-electron chi connectivity index (χ2n) is 16.3. The van der Waals surface area contributed by atoms with Crippen LogP contribution >= 0.6 is 11.3 Å². The molecule has 0 bridgehead atoms. The van der Waals surface area contributed by atoms with E-state index < -0.39 is 41.1 Å². The summed E-state index contributed by atoms with van der Waals surface area (Å²) in [5.41, 5.74) is 9.99. The lowest BCUT2D eigenvalue weighted by molar-refractivity contribution is -0.167. The Morgan fingerprint density at radius 2 is 1.78 bits per heavy atom. The van der Waals surface area contributed by atoms with Crippen molar-refractivity contribution in [3.05, 3.63) is 93.5 Å². The summed E-state index contributed by atoms with van der Waals surface area (Å²) < 4.78 is 12.0. The molecule has 3 heterocycles. The van der Waals surface area contributed by atoms with Crippen LogP contribution in [0.4, 0.5) is 4.79 Å². The molecule has 15 heteroatoms. The number of nitrogens with one attached hydrogen (secondary N) is 3. The van der Waals surface area contributed by atoms with E-state index in [9.17, 15) is 19.2 Å². The number of benzene rings is 3. The summed E-state index contributed by atoms with van der Waals surface area (Å²) in [7, 11) is 1.66. The molecule has 6 rings (SSSR count).